The van der Waals surface area contributed by atoms with Crippen LogP contribution in [0.5, 0.6) is 0 Å². The largest absolute Gasteiger partial charge is 0.352 e. The maximum absolute atomic E-state index is 12.5. The van der Waals surface area contributed by atoms with Gasteiger partial charge in [0.05, 0.1) is 6.04 Å². The van der Waals surface area contributed by atoms with Crippen LogP contribution in [0.3, 0.4) is 0 Å². The Balaban J connectivity index is 0.00000676. The van der Waals surface area contributed by atoms with E-state index in [-0.39, 0.29) is 29.6 Å². The van der Waals surface area contributed by atoms with Crippen LogP contribution in [0.25, 0.3) is 0 Å². The number of halogens is 1. The summed E-state index contributed by atoms with van der Waals surface area (Å²) in [6.45, 7) is 10.6. The summed E-state index contributed by atoms with van der Waals surface area (Å²) in [6, 6.07) is -0.874. The van der Waals surface area contributed by atoms with E-state index in [0.717, 1.165) is 12.3 Å². The maximum Gasteiger partial charge on any atom is 0.309 e. The summed E-state index contributed by atoms with van der Waals surface area (Å²) in [5.74, 6) is -0.850. The first-order valence-corrected chi connectivity index (χ1v) is 9.73. The Morgan fingerprint density at radius 1 is 1.30 bits per heavy atom. The fourth-order valence-electron chi connectivity index (χ4n) is 2.16. The van der Waals surface area contributed by atoms with Crippen LogP contribution in [-0.4, -0.2) is 53.1 Å². The molecule has 154 valence electrons. The number of carbonyl (C=O) groups excluding carboxylic acids is 3. The van der Waals surface area contributed by atoms with Crippen LogP contribution in [0.15, 0.2) is 17.3 Å². The molecule has 0 aromatic rings. The van der Waals surface area contributed by atoms with Gasteiger partial charge in [0, 0.05) is 19.3 Å². The monoisotopic (exact) mass is 418 g/mol. The molecule has 0 spiro atoms. The molecule has 2 amide bonds. The number of hydrogen-bond acceptors (Lipinski definition) is 5. The lowest BCUT2D eigenvalue weighted by atomic mass is 9.96. The molecular weight excluding hydrogens is 388 g/mol. The highest BCUT2D eigenvalue weighted by Gasteiger charge is 2.27. The molecular formula is C18H31ClN4O3S. The molecule has 1 rings (SSSR count). The number of hydrogen-bond donors (Lipinski definition) is 2. The second-order valence-electron chi connectivity index (χ2n) is 7.86. The Hall–Kier alpha value is -1.54. The van der Waals surface area contributed by atoms with Crippen molar-refractivity contribution in [3.8, 4) is 0 Å². The molecule has 0 aliphatic carbocycles. The topological polar surface area (TPSA) is 90.9 Å². The van der Waals surface area contributed by atoms with Crippen LogP contribution >= 0.6 is 24.2 Å². The van der Waals surface area contributed by atoms with E-state index in [1.54, 1.807) is 6.08 Å². The van der Waals surface area contributed by atoms with Crippen LogP contribution in [0.1, 0.15) is 41.0 Å². The summed E-state index contributed by atoms with van der Waals surface area (Å²) >= 11 is 1.51. The Kier molecular flexibility index (Phi) is 10.7. The first kappa shape index (κ1) is 25.5. The van der Waals surface area contributed by atoms with Crippen LogP contribution in [-0.2, 0) is 14.4 Å². The number of nitrogens with zero attached hydrogens (tertiary/aromatic N) is 2. The van der Waals surface area contributed by atoms with E-state index < -0.39 is 17.7 Å². The zero-order valence-corrected chi connectivity index (χ0v) is 18.5. The Bertz CT molecular complexity index is 600. The molecule has 0 unspecified atom stereocenters. The lowest BCUT2D eigenvalue weighted by Gasteiger charge is -2.18. The third-order valence-electron chi connectivity index (χ3n) is 3.54. The smallest absolute Gasteiger partial charge is 0.309 e. The number of thioether (sulfide) groups is 1. The van der Waals surface area contributed by atoms with Gasteiger partial charge in [-0.3, -0.25) is 14.4 Å². The van der Waals surface area contributed by atoms with E-state index in [4.69, 9.17) is 0 Å². The minimum absolute atomic E-state index is 0. The summed E-state index contributed by atoms with van der Waals surface area (Å²) < 4.78 is 0. The molecule has 1 aliphatic heterocycles. The van der Waals surface area contributed by atoms with Crippen molar-refractivity contribution >= 4 is 46.9 Å². The molecule has 2 N–H and O–H groups in total. The highest BCUT2D eigenvalue weighted by molar-refractivity contribution is 8.14. The molecule has 0 aromatic carbocycles. The van der Waals surface area contributed by atoms with Crippen LogP contribution in [0, 0.1) is 11.3 Å². The van der Waals surface area contributed by atoms with Crippen molar-refractivity contribution < 1.29 is 14.4 Å². The lowest BCUT2D eigenvalue weighted by Crippen LogP contribution is -2.47. The molecule has 1 aliphatic rings. The van der Waals surface area contributed by atoms with Crippen molar-refractivity contribution in [3.63, 3.8) is 0 Å². The summed E-state index contributed by atoms with van der Waals surface area (Å²) in [5, 5.41) is 7.30. The fraction of sp³-hybridized carbons (Fsp3) is 0.667. The van der Waals surface area contributed by atoms with Crippen molar-refractivity contribution in [2.45, 2.75) is 47.1 Å². The number of amides is 2. The second kappa shape index (κ2) is 11.3. The Morgan fingerprint density at radius 2 is 1.93 bits per heavy atom. The van der Waals surface area contributed by atoms with E-state index in [2.05, 4.69) is 15.8 Å². The zero-order chi connectivity index (χ0) is 19.9. The first-order valence-electron chi connectivity index (χ1n) is 8.75. The van der Waals surface area contributed by atoms with Gasteiger partial charge in [0.2, 0.25) is 11.7 Å². The van der Waals surface area contributed by atoms with Crippen molar-refractivity contribution in [1.29, 1.82) is 0 Å². The van der Waals surface area contributed by atoms with Crippen molar-refractivity contribution in [2.75, 3.05) is 19.3 Å². The van der Waals surface area contributed by atoms with E-state index in [1.165, 1.54) is 17.8 Å². The number of ketones is 1. The summed E-state index contributed by atoms with van der Waals surface area (Å²) in [7, 11) is 1.87. The Morgan fingerprint density at radius 3 is 2.41 bits per heavy atom. The molecule has 7 nitrogen and oxygen atoms in total. The number of Topliss-reactive ketones (excluding diaryl/α,β-unsaturated/α-hetero) is 1. The van der Waals surface area contributed by atoms with Crippen molar-refractivity contribution in [3.05, 3.63) is 12.2 Å². The third kappa shape index (κ3) is 9.81. The van der Waals surface area contributed by atoms with Crippen molar-refractivity contribution in [1.82, 2.24) is 15.6 Å². The summed E-state index contributed by atoms with van der Waals surface area (Å²) in [6.07, 6.45) is 3.55. The molecule has 1 heterocycles. The standard InChI is InChI=1S/C18H30N4O3S.ClH/c1-12(2)11-13(19-14(23)7-8-18(3,4)5)15(24)16(25)20-21-17-22(6)9-10-26-17;/h7-8,12-13H,9-11H2,1-6H3,(H,19,23)(H,20,25);1H/t13-;/m0./s1. The maximum atomic E-state index is 12.5. The molecule has 9 heteroatoms. The number of amidine groups is 1. The Labute approximate surface area is 172 Å². The van der Waals surface area contributed by atoms with E-state index in [9.17, 15) is 14.4 Å². The van der Waals surface area contributed by atoms with Gasteiger partial charge in [-0.2, -0.15) is 0 Å². The molecule has 27 heavy (non-hydrogen) atoms. The predicted octanol–water partition coefficient (Wildman–Crippen LogP) is 2.18. The summed E-state index contributed by atoms with van der Waals surface area (Å²) in [4.78, 5) is 38.6. The van der Waals surface area contributed by atoms with Crippen LogP contribution < -0.4 is 10.7 Å². The number of rotatable bonds is 7. The average Bonchev–Trinajstić information content (AvgIpc) is 2.93. The SMILES string of the molecule is CC(C)C[C@H](NC(=O)C=CC(C)(C)C)C(=O)C(=O)NN=C1SCCN1C.Cl. The number of allylic oxidation sites excluding steroid dienone is 1. The highest BCUT2D eigenvalue weighted by Crippen LogP contribution is 2.15. The molecule has 1 saturated heterocycles. The molecule has 0 radical (unpaired) electrons. The molecule has 1 atom stereocenters. The number of hydrazone groups is 1. The quantitative estimate of drug-likeness (QED) is 0.375. The van der Waals surface area contributed by atoms with Gasteiger partial charge in [0.1, 0.15) is 0 Å². The van der Waals surface area contributed by atoms with Gasteiger partial charge in [-0.05, 0) is 23.8 Å². The van der Waals surface area contributed by atoms with Gasteiger partial charge >= 0.3 is 5.91 Å². The normalized spacial score (nSPS) is 17.1. The average molecular weight is 419 g/mol. The number of carbonyl (C=O) groups is 3. The van der Waals surface area contributed by atoms with Gasteiger partial charge in [-0.25, -0.2) is 5.43 Å². The zero-order valence-electron chi connectivity index (χ0n) is 16.9. The first-order chi connectivity index (χ1) is 12.0. The van der Waals surface area contributed by atoms with Gasteiger partial charge in [-0.1, -0.05) is 52.5 Å². The molecule has 0 bridgehead atoms. The lowest BCUT2D eigenvalue weighted by molar-refractivity contribution is -0.140. The van der Waals surface area contributed by atoms with Crippen LogP contribution in [0.2, 0.25) is 0 Å². The van der Waals surface area contributed by atoms with Crippen LogP contribution in [0.4, 0.5) is 0 Å². The summed E-state index contributed by atoms with van der Waals surface area (Å²) in [5.41, 5.74) is 2.16. The van der Waals surface area contributed by atoms with Gasteiger partial charge < -0.3 is 10.2 Å². The molecule has 1 fully saturated rings. The van der Waals surface area contributed by atoms with E-state index in [0.29, 0.717) is 11.6 Å². The second-order valence-corrected chi connectivity index (χ2v) is 8.92. The molecule has 0 saturated carbocycles. The third-order valence-corrected chi connectivity index (χ3v) is 4.58. The minimum Gasteiger partial charge on any atom is -0.352 e. The predicted molar refractivity (Wildman–Crippen MR) is 113 cm³/mol. The fourth-order valence-corrected chi connectivity index (χ4v) is 3.13. The highest BCUT2D eigenvalue weighted by atomic mass is 35.5. The van der Waals surface area contributed by atoms with E-state index in [1.807, 2.05) is 46.6 Å². The molecule has 0 aromatic heterocycles. The minimum atomic E-state index is -0.874. The van der Waals surface area contributed by atoms with Gasteiger partial charge in [0.25, 0.3) is 0 Å². The van der Waals surface area contributed by atoms with E-state index >= 15 is 0 Å². The van der Waals surface area contributed by atoms with Gasteiger partial charge in [0.15, 0.2) is 5.17 Å². The van der Waals surface area contributed by atoms with Crippen molar-refractivity contribution in [2.24, 2.45) is 16.4 Å². The number of nitrogens with one attached hydrogen (secondary N) is 2. The van der Waals surface area contributed by atoms with Gasteiger partial charge in [-0.15, -0.1) is 17.5 Å².